The highest BCUT2D eigenvalue weighted by Gasteiger charge is 2.39. The van der Waals surface area contributed by atoms with Crippen molar-refractivity contribution >= 4 is 16.0 Å². The summed E-state index contributed by atoms with van der Waals surface area (Å²) in [6, 6.07) is 2.21. The number of nitrogens with zero attached hydrogens (tertiary/aromatic N) is 1. The third kappa shape index (κ3) is 2.91. The largest absolute Gasteiger partial charge is 0.481 e. The van der Waals surface area contributed by atoms with Gasteiger partial charge in [-0.1, -0.05) is 6.07 Å². The first-order valence-electron chi connectivity index (χ1n) is 6.43. The fraction of sp³-hybridized carbons (Fsp3) is 0.462. The molecular weight excluding hydrogens is 304 g/mol. The van der Waals surface area contributed by atoms with Gasteiger partial charge in [0.25, 0.3) is 0 Å². The lowest BCUT2D eigenvalue weighted by Crippen LogP contribution is -2.46. The van der Waals surface area contributed by atoms with E-state index in [4.69, 9.17) is 5.11 Å². The minimum atomic E-state index is -4.33. The molecule has 0 radical (unpaired) electrons. The average molecular weight is 319 g/mol. The highest BCUT2D eigenvalue weighted by atomic mass is 32.2. The molecule has 0 spiro atoms. The van der Waals surface area contributed by atoms with Crippen LogP contribution in [-0.2, 0) is 14.8 Å². The van der Waals surface area contributed by atoms with Crippen molar-refractivity contribution in [2.24, 2.45) is 5.92 Å². The molecule has 21 heavy (non-hydrogen) atoms. The molecule has 0 aliphatic carbocycles. The topological polar surface area (TPSA) is 74.7 Å². The van der Waals surface area contributed by atoms with E-state index in [-0.39, 0.29) is 19.4 Å². The van der Waals surface area contributed by atoms with E-state index in [0.717, 1.165) is 22.5 Å². The fourth-order valence-corrected chi connectivity index (χ4v) is 4.35. The van der Waals surface area contributed by atoms with Gasteiger partial charge in [0.1, 0.15) is 11.6 Å². The van der Waals surface area contributed by atoms with Crippen LogP contribution in [0.15, 0.2) is 23.1 Å². The summed E-state index contributed by atoms with van der Waals surface area (Å²) in [5.74, 6) is -3.93. The van der Waals surface area contributed by atoms with Gasteiger partial charge in [0, 0.05) is 12.6 Å². The van der Waals surface area contributed by atoms with E-state index in [0.29, 0.717) is 0 Å². The molecule has 1 heterocycles. The maximum Gasteiger partial charge on any atom is 0.306 e. The van der Waals surface area contributed by atoms with Gasteiger partial charge in [-0.05, 0) is 31.9 Å². The van der Waals surface area contributed by atoms with Crippen molar-refractivity contribution in [1.82, 2.24) is 4.31 Å². The fourth-order valence-electron chi connectivity index (χ4n) is 2.58. The van der Waals surface area contributed by atoms with Gasteiger partial charge in [0.2, 0.25) is 10.0 Å². The lowest BCUT2D eigenvalue weighted by atomic mass is 9.93. The van der Waals surface area contributed by atoms with Crippen molar-refractivity contribution in [2.45, 2.75) is 30.7 Å². The summed E-state index contributed by atoms with van der Waals surface area (Å²) in [5.41, 5.74) is 0. The first kappa shape index (κ1) is 15.8. The molecule has 2 unspecified atom stereocenters. The summed E-state index contributed by atoms with van der Waals surface area (Å²) in [4.78, 5) is 9.97. The second-order valence-corrected chi connectivity index (χ2v) is 6.90. The predicted octanol–water partition coefficient (Wildman–Crippen LogP) is 1.84. The van der Waals surface area contributed by atoms with Crippen LogP contribution < -0.4 is 0 Å². The molecule has 0 saturated carbocycles. The van der Waals surface area contributed by atoms with Crippen LogP contribution in [0, 0.1) is 17.6 Å². The number of hydrogen-bond donors (Lipinski definition) is 1. The summed E-state index contributed by atoms with van der Waals surface area (Å²) >= 11 is 0. The number of carbonyl (C=O) groups is 1. The Bertz CT molecular complexity index is 642. The van der Waals surface area contributed by atoms with Crippen LogP contribution in [0.5, 0.6) is 0 Å². The van der Waals surface area contributed by atoms with E-state index in [9.17, 15) is 22.0 Å². The molecule has 2 atom stereocenters. The van der Waals surface area contributed by atoms with E-state index < -0.39 is 44.5 Å². The second-order valence-electron chi connectivity index (χ2n) is 5.08. The van der Waals surface area contributed by atoms with Gasteiger partial charge in [-0.2, -0.15) is 4.31 Å². The van der Waals surface area contributed by atoms with Crippen LogP contribution >= 0.6 is 0 Å². The Morgan fingerprint density at radius 1 is 1.33 bits per heavy atom. The van der Waals surface area contributed by atoms with Crippen LogP contribution in [0.2, 0.25) is 0 Å². The van der Waals surface area contributed by atoms with Crippen LogP contribution in [0.4, 0.5) is 8.78 Å². The number of carboxylic acids is 1. The second kappa shape index (κ2) is 5.69. The van der Waals surface area contributed by atoms with Gasteiger partial charge in [-0.25, -0.2) is 17.2 Å². The lowest BCUT2D eigenvalue weighted by Gasteiger charge is -2.35. The van der Waals surface area contributed by atoms with Crippen LogP contribution in [0.1, 0.15) is 19.8 Å². The van der Waals surface area contributed by atoms with Gasteiger partial charge in [-0.15, -0.1) is 0 Å². The minimum Gasteiger partial charge on any atom is -0.481 e. The van der Waals surface area contributed by atoms with Gasteiger partial charge < -0.3 is 5.11 Å². The SMILES string of the molecule is CC1CC(C(=O)O)CCN1S(=O)(=O)c1c(F)cccc1F. The molecule has 116 valence electrons. The predicted molar refractivity (Wildman–Crippen MR) is 70.1 cm³/mol. The molecule has 1 aliphatic rings. The average Bonchev–Trinajstić information content (AvgIpc) is 2.37. The van der Waals surface area contributed by atoms with E-state index >= 15 is 0 Å². The number of hydrogen-bond acceptors (Lipinski definition) is 3. The van der Waals surface area contributed by atoms with E-state index in [1.807, 2.05) is 0 Å². The van der Waals surface area contributed by atoms with Crippen molar-refractivity contribution in [3.63, 3.8) is 0 Å². The molecule has 1 saturated heterocycles. The molecule has 1 aromatic carbocycles. The number of carboxylic acid groups (broad SMARTS) is 1. The van der Waals surface area contributed by atoms with Gasteiger partial charge in [0.15, 0.2) is 4.90 Å². The van der Waals surface area contributed by atoms with E-state index in [1.54, 1.807) is 0 Å². The Hall–Kier alpha value is -1.54. The minimum absolute atomic E-state index is 0.0752. The van der Waals surface area contributed by atoms with Crippen LogP contribution in [-0.4, -0.2) is 36.4 Å². The maximum atomic E-state index is 13.7. The molecule has 1 aliphatic heterocycles. The van der Waals surface area contributed by atoms with Crippen molar-refractivity contribution in [2.75, 3.05) is 6.54 Å². The third-order valence-electron chi connectivity index (χ3n) is 3.65. The first-order valence-corrected chi connectivity index (χ1v) is 7.88. The third-order valence-corrected chi connectivity index (χ3v) is 5.72. The number of benzene rings is 1. The Morgan fingerprint density at radius 2 is 1.90 bits per heavy atom. The summed E-state index contributed by atoms with van der Waals surface area (Å²) in [5, 5.41) is 8.96. The highest BCUT2D eigenvalue weighted by molar-refractivity contribution is 7.89. The molecule has 1 fully saturated rings. The molecule has 1 N–H and O–H groups in total. The van der Waals surface area contributed by atoms with Crippen molar-refractivity contribution < 1.29 is 27.1 Å². The molecule has 2 rings (SSSR count). The Balaban J connectivity index is 2.35. The molecule has 0 amide bonds. The van der Waals surface area contributed by atoms with Crippen molar-refractivity contribution in [1.29, 1.82) is 0 Å². The molecule has 0 bridgehead atoms. The lowest BCUT2D eigenvalue weighted by molar-refractivity contribution is -0.143. The van der Waals surface area contributed by atoms with E-state index in [1.165, 1.54) is 6.92 Å². The zero-order valence-electron chi connectivity index (χ0n) is 11.3. The monoisotopic (exact) mass is 319 g/mol. The zero-order chi connectivity index (χ0) is 15.8. The smallest absolute Gasteiger partial charge is 0.306 e. The van der Waals surface area contributed by atoms with Gasteiger partial charge >= 0.3 is 5.97 Å². The summed E-state index contributed by atoms with van der Waals surface area (Å²) in [7, 11) is -4.33. The number of rotatable bonds is 3. The molecular formula is C13H15F2NO4S. The van der Waals surface area contributed by atoms with E-state index in [2.05, 4.69) is 0 Å². The highest BCUT2D eigenvalue weighted by Crippen LogP contribution is 2.30. The van der Waals surface area contributed by atoms with Crippen LogP contribution in [0.3, 0.4) is 0 Å². The number of aliphatic carboxylic acids is 1. The van der Waals surface area contributed by atoms with Crippen LogP contribution in [0.25, 0.3) is 0 Å². The summed E-state index contributed by atoms with van der Waals surface area (Å²) < 4.78 is 53.2. The standard InChI is InChI=1S/C13H15F2NO4S/c1-8-7-9(13(17)18)5-6-16(8)21(19,20)12-10(14)3-2-4-11(12)15/h2-4,8-9H,5-7H2,1H3,(H,17,18). The number of sulfonamides is 1. The zero-order valence-corrected chi connectivity index (χ0v) is 12.1. The van der Waals surface area contributed by atoms with Crippen molar-refractivity contribution in [3.05, 3.63) is 29.8 Å². The number of halogens is 2. The normalized spacial score (nSPS) is 24.0. The Morgan fingerprint density at radius 3 is 2.38 bits per heavy atom. The maximum absolute atomic E-state index is 13.7. The van der Waals surface area contributed by atoms with Gasteiger partial charge in [-0.3, -0.25) is 4.79 Å². The Labute approximate surface area is 121 Å². The summed E-state index contributed by atoms with van der Waals surface area (Å²) in [6.07, 6.45) is 0.236. The first-order chi connectivity index (χ1) is 9.75. The summed E-state index contributed by atoms with van der Waals surface area (Å²) in [6.45, 7) is 1.46. The molecule has 8 heteroatoms. The number of piperidine rings is 1. The molecule has 5 nitrogen and oxygen atoms in total. The quantitative estimate of drug-likeness (QED) is 0.922. The molecule has 1 aromatic rings. The Kier molecular flexibility index (Phi) is 4.29. The van der Waals surface area contributed by atoms with Crippen molar-refractivity contribution in [3.8, 4) is 0 Å². The molecule has 0 aromatic heterocycles. The van der Waals surface area contributed by atoms with Gasteiger partial charge in [0.05, 0.1) is 5.92 Å².